The maximum absolute atomic E-state index is 13.5. The molecule has 3 heterocycles. The van der Waals surface area contributed by atoms with Crippen molar-refractivity contribution in [2.75, 3.05) is 11.5 Å². The summed E-state index contributed by atoms with van der Waals surface area (Å²) < 4.78 is 13.1. The third-order valence-electron chi connectivity index (χ3n) is 6.67. The minimum Gasteiger partial charge on any atom is -0.507 e. The van der Waals surface area contributed by atoms with Gasteiger partial charge in [0.2, 0.25) is 0 Å². The maximum atomic E-state index is 13.5. The van der Waals surface area contributed by atoms with Crippen LogP contribution >= 0.6 is 27.3 Å². The van der Waals surface area contributed by atoms with Gasteiger partial charge in [-0.1, -0.05) is 39.4 Å². The number of halogens is 1. The van der Waals surface area contributed by atoms with Crippen LogP contribution in [0.5, 0.6) is 11.5 Å². The Labute approximate surface area is 231 Å². The first-order chi connectivity index (χ1) is 18.3. The predicted octanol–water partition coefficient (Wildman–Crippen LogP) is 6.41. The van der Waals surface area contributed by atoms with Crippen LogP contribution in [0.4, 0.5) is 5.13 Å². The van der Waals surface area contributed by atoms with Crippen molar-refractivity contribution in [1.82, 2.24) is 4.98 Å². The number of aliphatic hydroxyl groups is 1. The van der Waals surface area contributed by atoms with E-state index >= 15 is 0 Å². The number of aromatic nitrogens is 1. The molecule has 2 aliphatic heterocycles. The molecule has 9 heteroatoms. The lowest BCUT2D eigenvalue weighted by atomic mass is 9.94. The van der Waals surface area contributed by atoms with E-state index in [0.29, 0.717) is 40.6 Å². The Balaban J connectivity index is 1.50. The molecule has 2 aliphatic rings. The first-order valence-electron chi connectivity index (χ1n) is 12.2. The van der Waals surface area contributed by atoms with Crippen molar-refractivity contribution >= 4 is 60.1 Å². The molecule has 1 amide bonds. The number of hydrogen-bond donors (Lipinski definition) is 1. The van der Waals surface area contributed by atoms with E-state index in [9.17, 15) is 14.7 Å². The monoisotopic (exact) mass is 590 g/mol. The van der Waals surface area contributed by atoms with Gasteiger partial charge in [-0.05, 0) is 73.5 Å². The number of amides is 1. The van der Waals surface area contributed by atoms with Crippen LogP contribution in [0.15, 0.2) is 70.7 Å². The highest BCUT2D eigenvalue weighted by atomic mass is 79.9. The van der Waals surface area contributed by atoms with Crippen molar-refractivity contribution in [3.05, 3.63) is 87.4 Å². The molecule has 7 nitrogen and oxygen atoms in total. The van der Waals surface area contributed by atoms with Gasteiger partial charge in [-0.15, -0.1) is 0 Å². The van der Waals surface area contributed by atoms with Gasteiger partial charge in [0.15, 0.2) is 5.13 Å². The number of ketones is 1. The fourth-order valence-corrected chi connectivity index (χ4v) is 6.25. The second-order valence-corrected chi connectivity index (χ2v) is 11.2. The molecule has 0 spiro atoms. The second kappa shape index (κ2) is 9.56. The van der Waals surface area contributed by atoms with Crippen LogP contribution in [0.25, 0.3) is 16.0 Å². The molecule has 1 saturated heterocycles. The summed E-state index contributed by atoms with van der Waals surface area (Å²) in [6, 6.07) is 17.4. The summed E-state index contributed by atoms with van der Waals surface area (Å²) in [6.45, 7) is 4.42. The fraction of sp³-hybridized carbons (Fsp3) is 0.207. The predicted molar refractivity (Wildman–Crippen MR) is 150 cm³/mol. The topological polar surface area (TPSA) is 89.0 Å². The highest BCUT2D eigenvalue weighted by Gasteiger charge is 2.48. The Hall–Kier alpha value is -3.69. The number of thiazole rings is 1. The van der Waals surface area contributed by atoms with Crippen LogP contribution in [-0.2, 0) is 16.0 Å². The number of Topliss-reactive ketones (excluding diaryl/α,β-unsaturated/α-hetero) is 1. The van der Waals surface area contributed by atoms with Gasteiger partial charge in [0.1, 0.15) is 23.4 Å². The Morgan fingerprint density at radius 2 is 1.95 bits per heavy atom. The number of rotatable bonds is 5. The van der Waals surface area contributed by atoms with Crippen LogP contribution in [0.2, 0.25) is 0 Å². The van der Waals surface area contributed by atoms with Gasteiger partial charge in [-0.2, -0.15) is 0 Å². The number of ether oxygens (including phenoxy) is 2. The molecule has 0 radical (unpaired) electrons. The van der Waals surface area contributed by atoms with E-state index in [1.54, 1.807) is 12.1 Å². The number of fused-ring (bicyclic) bond motifs is 2. The third-order valence-corrected chi connectivity index (χ3v) is 8.21. The molecule has 2 atom stereocenters. The Bertz CT molecular complexity index is 1630. The summed E-state index contributed by atoms with van der Waals surface area (Å²) in [6.07, 6.45) is 0.745. The SMILES string of the molecule is CCOc1ccc2nc(N3C(=O)C(=O)C(=C(O)c4ccc5c(c4)C[C@H](C)O5)[C@@H]3c3ccc(Br)cc3)sc2c1. The molecular formula is C29H23BrN2O5S. The highest BCUT2D eigenvalue weighted by Crippen LogP contribution is 2.45. The minimum absolute atomic E-state index is 0.0264. The quantitative estimate of drug-likeness (QED) is 0.164. The van der Waals surface area contributed by atoms with Crippen LogP contribution in [-0.4, -0.2) is 34.5 Å². The van der Waals surface area contributed by atoms with Gasteiger partial charge in [-0.3, -0.25) is 14.5 Å². The maximum Gasteiger partial charge on any atom is 0.301 e. The fourth-order valence-electron chi connectivity index (χ4n) is 4.97. The molecule has 6 rings (SSSR count). The molecule has 1 aromatic heterocycles. The van der Waals surface area contributed by atoms with Crippen molar-refractivity contribution in [3.63, 3.8) is 0 Å². The molecule has 0 saturated carbocycles. The first-order valence-corrected chi connectivity index (χ1v) is 13.8. The van der Waals surface area contributed by atoms with Gasteiger partial charge in [0, 0.05) is 16.5 Å². The zero-order valence-electron chi connectivity index (χ0n) is 20.6. The lowest BCUT2D eigenvalue weighted by Crippen LogP contribution is -2.29. The van der Waals surface area contributed by atoms with E-state index in [1.807, 2.05) is 62.4 Å². The molecule has 4 aromatic rings. The van der Waals surface area contributed by atoms with Crippen molar-refractivity contribution in [2.45, 2.75) is 32.4 Å². The van der Waals surface area contributed by atoms with Crippen molar-refractivity contribution in [1.29, 1.82) is 0 Å². The number of aliphatic hydroxyl groups excluding tert-OH is 1. The average Bonchev–Trinajstić information content (AvgIpc) is 3.56. The van der Waals surface area contributed by atoms with Crippen molar-refractivity contribution in [2.24, 2.45) is 0 Å². The Morgan fingerprint density at radius 3 is 2.71 bits per heavy atom. The van der Waals surface area contributed by atoms with E-state index in [1.165, 1.54) is 16.2 Å². The molecule has 0 unspecified atom stereocenters. The summed E-state index contributed by atoms with van der Waals surface area (Å²) in [5.74, 6) is -0.242. The smallest absolute Gasteiger partial charge is 0.301 e. The van der Waals surface area contributed by atoms with Crippen molar-refractivity contribution < 1.29 is 24.2 Å². The van der Waals surface area contributed by atoms with Gasteiger partial charge < -0.3 is 14.6 Å². The lowest BCUT2D eigenvalue weighted by molar-refractivity contribution is -0.132. The zero-order valence-corrected chi connectivity index (χ0v) is 23.0. The minimum atomic E-state index is -0.849. The van der Waals surface area contributed by atoms with Crippen LogP contribution in [0.1, 0.15) is 36.6 Å². The number of carbonyl (C=O) groups is 2. The summed E-state index contributed by atoms with van der Waals surface area (Å²) in [7, 11) is 0. The number of carbonyl (C=O) groups excluding carboxylic acids is 2. The molecule has 1 N–H and O–H groups in total. The molecule has 3 aromatic carbocycles. The molecule has 38 heavy (non-hydrogen) atoms. The molecule has 1 fully saturated rings. The average molecular weight is 591 g/mol. The lowest BCUT2D eigenvalue weighted by Gasteiger charge is -2.23. The normalized spacial score (nSPS) is 20.1. The largest absolute Gasteiger partial charge is 0.507 e. The van der Waals surface area contributed by atoms with Gasteiger partial charge in [0.05, 0.1) is 28.4 Å². The Morgan fingerprint density at radius 1 is 1.16 bits per heavy atom. The molecule has 0 bridgehead atoms. The number of anilines is 1. The molecule has 192 valence electrons. The van der Waals surface area contributed by atoms with Gasteiger partial charge in [-0.25, -0.2) is 4.98 Å². The number of benzene rings is 3. The number of hydrogen-bond acceptors (Lipinski definition) is 7. The standard InChI is InChI=1S/C29H23BrN2O5S/c1-3-36-20-9-10-21-23(14-20)38-29(31-21)32-25(16-4-7-19(30)8-5-16)24(27(34)28(32)35)26(33)17-6-11-22-18(13-17)12-15(2)37-22/h4-11,13-15,25,33H,3,12H2,1-2H3/t15-,25-/m0/s1. The van der Waals surface area contributed by atoms with Crippen LogP contribution in [0, 0.1) is 0 Å². The number of nitrogens with zero attached hydrogens (tertiary/aromatic N) is 2. The second-order valence-electron chi connectivity index (χ2n) is 9.23. The zero-order chi connectivity index (χ0) is 26.6. The summed E-state index contributed by atoms with van der Waals surface area (Å²) >= 11 is 4.75. The van der Waals surface area contributed by atoms with Crippen molar-refractivity contribution in [3.8, 4) is 11.5 Å². The first kappa shape index (κ1) is 24.6. The summed E-state index contributed by atoms with van der Waals surface area (Å²) in [5.41, 5.74) is 2.82. The van der Waals surface area contributed by atoms with Gasteiger partial charge >= 0.3 is 5.91 Å². The summed E-state index contributed by atoms with van der Waals surface area (Å²) in [5, 5.41) is 11.9. The van der Waals surface area contributed by atoms with Crippen LogP contribution < -0.4 is 14.4 Å². The molecular weight excluding hydrogens is 568 g/mol. The van der Waals surface area contributed by atoms with E-state index in [2.05, 4.69) is 20.9 Å². The van der Waals surface area contributed by atoms with E-state index in [4.69, 9.17) is 9.47 Å². The van der Waals surface area contributed by atoms with E-state index in [-0.39, 0.29) is 17.4 Å². The van der Waals surface area contributed by atoms with Gasteiger partial charge in [0.25, 0.3) is 5.78 Å². The Kier molecular flexibility index (Phi) is 6.20. The molecule has 0 aliphatic carbocycles. The highest BCUT2D eigenvalue weighted by molar-refractivity contribution is 9.10. The van der Waals surface area contributed by atoms with E-state index < -0.39 is 17.7 Å². The third kappa shape index (κ3) is 4.16. The summed E-state index contributed by atoms with van der Waals surface area (Å²) in [4.78, 5) is 33.1. The van der Waals surface area contributed by atoms with E-state index in [0.717, 1.165) is 20.5 Å². The van der Waals surface area contributed by atoms with Crippen LogP contribution in [0.3, 0.4) is 0 Å².